The van der Waals surface area contributed by atoms with Gasteiger partial charge in [0.25, 0.3) is 0 Å². The summed E-state index contributed by atoms with van der Waals surface area (Å²) >= 11 is 7.34. The number of hydrogen-bond donors (Lipinski definition) is 0. The zero-order valence-electron chi connectivity index (χ0n) is 11.7. The van der Waals surface area contributed by atoms with Gasteiger partial charge in [-0.2, -0.15) is 0 Å². The summed E-state index contributed by atoms with van der Waals surface area (Å²) in [6, 6.07) is 14.9. The van der Waals surface area contributed by atoms with Gasteiger partial charge in [0.1, 0.15) is 5.75 Å². The Labute approximate surface area is 137 Å². The topological polar surface area (TPSA) is 9.23 Å². The molecule has 0 heterocycles. The summed E-state index contributed by atoms with van der Waals surface area (Å²) in [5, 5.41) is 0. The molecule has 0 saturated heterocycles. The lowest BCUT2D eigenvalue weighted by molar-refractivity contribution is 0.338. The quantitative estimate of drug-likeness (QED) is 0.576. The van der Waals surface area contributed by atoms with Crippen molar-refractivity contribution in [2.75, 3.05) is 6.61 Å². The van der Waals surface area contributed by atoms with E-state index in [1.54, 1.807) is 0 Å². The van der Waals surface area contributed by atoms with Gasteiger partial charge in [-0.05, 0) is 59.5 Å². The van der Waals surface area contributed by atoms with Gasteiger partial charge in [-0.1, -0.05) is 51.8 Å². The van der Waals surface area contributed by atoms with E-state index in [9.17, 15) is 0 Å². The van der Waals surface area contributed by atoms with Gasteiger partial charge in [0.2, 0.25) is 0 Å². The molecule has 0 aliphatic carbocycles. The molecule has 0 radical (unpaired) electrons. The minimum absolute atomic E-state index is 0.303. The third-order valence-corrected chi connectivity index (χ3v) is 4.63. The largest absolute Gasteiger partial charge is 0.493 e. The van der Waals surface area contributed by atoms with E-state index in [-0.39, 0.29) is 0 Å². The molecule has 20 heavy (non-hydrogen) atoms. The van der Waals surface area contributed by atoms with E-state index >= 15 is 0 Å². The molecule has 0 amide bonds. The first-order valence-corrected chi connectivity index (χ1v) is 8.43. The van der Waals surface area contributed by atoms with Gasteiger partial charge in [0.05, 0.1) is 11.1 Å². The lowest BCUT2D eigenvalue weighted by Gasteiger charge is -2.13. The zero-order chi connectivity index (χ0) is 14.5. The van der Waals surface area contributed by atoms with Crippen LogP contribution in [-0.4, -0.2) is 6.61 Å². The molecule has 0 spiro atoms. The third kappa shape index (κ3) is 4.10. The molecule has 1 unspecified atom stereocenters. The van der Waals surface area contributed by atoms with E-state index < -0.39 is 0 Å². The Morgan fingerprint density at radius 1 is 1.10 bits per heavy atom. The van der Waals surface area contributed by atoms with Crippen molar-refractivity contribution in [2.24, 2.45) is 0 Å². The van der Waals surface area contributed by atoms with Crippen LogP contribution in [0.2, 0.25) is 0 Å². The molecule has 2 aromatic rings. The molecule has 0 aliphatic rings. The molecule has 106 valence electrons. The number of hydrogen-bond acceptors (Lipinski definition) is 1. The van der Waals surface area contributed by atoms with Crippen LogP contribution in [0.1, 0.15) is 28.4 Å². The molecular formula is C17H18Br2O. The average molecular weight is 398 g/mol. The van der Waals surface area contributed by atoms with Crippen LogP contribution in [0.5, 0.6) is 5.75 Å². The number of rotatable bonds is 5. The Hall–Kier alpha value is -0.800. The Morgan fingerprint density at radius 3 is 2.40 bits per heavy atom. The number of benzene rings is 2. The van der Waals surface area contributed by atoms with Crippen LogP contribution in [0.15, 0.2) is 46.9 Å². The first-order chi connectivity index (χ1) is 9.60. The zero-order valence-corrected chi connectivity index (χ0v) is 14.9. The SMILES string of the molecule is CCOc1ccc(C(Br)Cc2ccc(C)cc2)cc1Br. The van der Waals surface area contributed by atoms with Gasteiger partial charge in [-0.25, -0.2) is 0 Å². The lowest BCUT2D eigenvalue weighted by Crippen LogP contribution is -1.97. The maximum Gasteiger partial charge on any atom is 0.133 e. The maximum atomic E-state index is 5.54. The summed E-state index contributed by atoms with van der Waals surface area (Å²) in [6.07, 6.45) is 0.973. The van der Waals surface area contributed by atoms with Crippen molar-refractivity contribution in [2.45, 2.75) is 25.1 Å². The van der Waals surface area contributed by atoms with E-state index in [2.05, 4.69) is 75.2 Å². The second-order valence-electron chi connectivity index (χ2n) is 4.78. The molecule has 2 rings (SSSR count). The highest BCUT2D eigenvalue weighted by atomic mass is 79.9. The second kappa shape index (κ2) is 7.28. The van der Waals surface area contributed by atoms with Gasteiger partial charge in [0.15, 0.2) is 0 Å². The summed E-state index contributed by atoms with van der Waals surface area (Å²) in [4.78, 5) is 0.303. The van der Waals surface area contributed by atoms with E-state index in [1.807, 2.05) is 13.0 Å². The Morgan fingerprint density at radius 2 is 1.80 bits per heavy atom. The van der Waals surface area contributed by atoms with E-state index in [1.165, 1.54) is 16.7 Å². The van der Waals surface area contributed by atoms with Crippen LogP contribution in [0.3, 0.4) is 0 Å². The summed E-state index contributed by atoms with van der Waals surface area (Å²) in [5.41, 5.74) is 3.88. The highest BCUT2D eigenvalue weighted by molar-refractivity contribution is 9.10. The Balaban J connectivity index is 2.10. The molecule has 3 heteroatoms. The molecule has 0 aromatic heterocycles. The van der Waals surface area contributed by atoms with Gasteiger partial charge in [-0.15, -0.1) is 0 Å². The molecule has 0 saturated carbocycles. The fourth-order valence-electron chi connectivity index (χ4n) is 2.03. The molecule has 0 fully saturated rings. The number of halogens is 2. The number of ether oxygens (including phenoxy) is 1. The monoisotopic (exact) mass is 396 g/mol. The third-order valence-electron chi connectivity index (χ3n) is 3.15. The van der Waals surface area contributed by atoms with E-state index in [0.717, 1.165) is 16.6 Å². The Kier molecular flexibility index (Phi) is 5.67. The van der Waals surface area contributed by atoms with Crippen LogP contribution < -0.4 is 4.74 Å². The van der Waals surface area contributed by atoms with Crippen molar-refractivity contribution >= 4 is 31.9 Å². The summed E-state index contributed by atoms with van der Waals surface area (Å²) in [6.45, 7) is 4.78. The van der Waals surface area contributed by atoms with Crippen molar-refractivity contribution in [1.29, 1.82) is 0 Å². The fraction of sp³-hybridized carbons (Fsp3) is 0.294. The van der Waals surface area contributed by atoms with Gasteiger partial charge in [0, 0.05) is 4.83 Å². The fourth-order valence-corrected chi connectivity index (χ4v) is 3.20. The summed E-state index contributed by atoms with van der Waals surface area (Å²) in [5.74, 6) is 0.895. The normalized spacial score (nSPS) is 12.2. The van der Waals surface area contributed by atoms with Crippen molar-refractivity contribution in [3.05, 3.63) is 63.6 Å². The number of aryl methyl sites for hydroxylation is 1. The smallest absolute Gasteiger partial charge is 0.133 e. The van der Waals surface area contributed by atoms with Crippen molar-refractivity contribution < 1.29 is 4.74 Å². The predicted octanol–water partition coefficient (Wildman–Crippen LogP) is 5.83. The predicted molar refractivity (Wildman–Crippen MR) is 91.9 cm³/mol. The number of alkyl halides is 1. The van der Waals surface area contributed by atoms with E-state index in [0.29, 0.717) is 11.4 Å². The molecule has 0 N–H and O–H groups in total. The second-order valence-corrected chi connectivity index (χ2v) is 6.74. The summed E-state index contributed by atoms with van der Waals surface area (Å²) < 4.78 is 6.55. The first kappa shape index (κ1) is 15.6. The highest BCUT2D eigenvalue weighted by Gasteiger charge is 2.11. The standard InChI is InChI=1S/C17H18Br2O/c1-3-20-17-9-8-14(11-16(17)19)15(18)10-13-6-4-12(2)5-7-13/h4-9,11,15H,3,10H2,1-2H3. The van der Waals surface area contributed by atoms with Crippen LogP contribution in [0.4, 0.5) is 0 Å². The van der Waals surface area contributed by atoms with Crippen molar-refractivity contribution in [3.8, 4) is 5.75 Å². The van der Waals surface area contributed by atoms with E-state index in [4.69, 9.17) is 4.74 Å². The molecule has 1 nitrogen and oxygen atoms in total. The molecule has 0 bridgehead atoms. The van der Waals surface area contributed by atoms with Gasteiger partial charge in [-0.3, -0.25) is 0 Å². The minimum atomic E-state index is 0.303. The molecule has 2 aromatic carbocycles. The van der Waals surface area contributed by atoms with Gasteiger partial charge < -0.3 is 4.74 Å². The highest BCUT2D eigenvalue weighted by Crippen LogP contribution is 2.33. The van der Waals surface area contributed by atoms with Crippen LogP contribution >= 0.6 is 31.9 Å². The van der Waals surface area contributed by atoms with Gasteiger partial charge >= 0.3 is 0 Å². The van der Waals surface area contributed by atoms with Crippen LogP contribution in [-0.2, 0) is 6.42 Å². The average Bonchev–Trinajstić information content (AvgIpc) is 2.44. The minimum Gasteiger partial charge on any atom is -0.493 e. The van der Waals surface area contributed by atoms with Crippen LogP contribution in [0.25, 0.3) is 0 Å². The Bertz CT molecular complexity index is 564. The lowest BCUT2D eigenvalue weighted by atomic mass is 10.0. The van der Waals surface area contributed by atoms with Crippen molar-refractivity contribution in [3.63, 3.8) is 0 Å². The molecule has 1 atom stereocenters. The molecule has 0 aliphatic heterocycles. The summed E-state index contributed by atoms with van der Waals surface area (Å²) in [7, 11) is 0. The maximum absolute atomic E-state index is 5.54. The van der Waals surface area contributed by atoms with Crippen molar-refractivity contribution in [1.82, 2.24) is 0 Å². The first-order valence-electron chi connectivity index (χ1n) is 6.72. The van der Waals surface area contributed by atoms with Crippen LogP contribution in [0, 0.1) is 6.92 Å². The molecular weight excluding hydrogens is 380 g/mol.